The second kappa shape index (κ2) is 7.19. The maximum absolute atomic E-state index is 12.1. The van der Waals surface area contributed by atoms with E-state index in [4.69, 9.17) is 0 Å². The van der Waals surface area contributed by atoms with E-state index in [2.05, 4.69) is 12.6 Å². The molecule has 2 amide bonds. The molecular formula is C14H20N2O2S. The first-order valence-electron chi connectivity index (χ1n) is 6.09. The average Bonchev–Trinajstić information content (AvgIpc) is 2.38. The molecule has 1 aromatic rings. The monoisotopic (exact) mass is 280 g/mol. The Bertz CT molecular complexity index is 434. The van der Waals surface area contributed by atoms with E-state index in [9.17, 15) is 9.59 Å². The van der Waals surface area contributed by atoms with Crippen molar-refractivity contribution < 1.29 is 9.59 Å². The molecule has 0 N–H and O–H groups in total. The Hall–Kier alpha value is -1.49. The standard InChI is InChI=1S/C14H20N2O2S/c1-15(2)13(17)10-16(3)14(18)12(19)9-11-7-5-4-6-8-11/h4-8,12,19H,9-10H2,1-3H3. The molecule has 1 unspecified atom stereocenters. The number of likely N-dealkylation sites (N-methyl/N-ethyl adjacent to an activating group) is 2. The van der Waals surface area contributed by atoms with Crippen LogP contribution in [0.25, 0.3) is 0 Å². The minimum atomic E-state index is -0.428. The van der Waals surface area contributed by atoms with Crippen molar-refractivity contribution in [1.82, 2.24) is 9.80 Å². The van der Waals surface area contributed by atoms with Gasteiger partial charge in [-0.25, -0.2) is 0 Å². The fourth-order valence-electron chi connectivity index (χ4n) is 1.60. The molecular weight excluding hydrogens is 260 g/mol. The summed E-state index contributed by atoms with van der Waals surface area (Å²) in [5.74, 6) is -0.238. The highest BCUT2D eigenvalue weighted by Gasteiger charge is 2.21. The molecule has 19 heavy (non-hydrogen) atoms. The number of hydrogen-bond acceptors (Lipinski definition) is 3. The number of carbonyl (C=O) groups is 2. The molecule has 1 rings (SSSR count). The number of rotatable bonds is 5. The molecule has 0 bridgehead atoms. The van der Waals surface area contributed by atoms with Crippen LogP contribution in [-0.2, 0) is 16.0 Å². The molecule has 0 aliphatic heterocycles. The highest BCUT2D eigenvalue weighted by atomic mass is 32.1. The summed E-state index contributed by atoms with van der Waals surface area (Å²) < 4.78 is 0. The molecule has 1 atom stereocenters. The molecule has 1 aromatic carbocycles. The number of hydrogen-bond donors (Lipinski definition) is 1. The topological polar surface area (TPSA) is 40.6 Å². The lowest BCUT2D eigenvalue weighted by Crippen LogP contribution is -2.41. The van der Waals surface area contributed by atoms with Crippen LogP contribution in [0.1, 0.15) is 5.56 Å². The third kappa shape index (κ3) is 4.95. The molecule has 0 aromatic heterocycles. The summed E-state index contributed by atoms with van der Waals surface area (Å²) in [5, 5.41) is -0.428. The van der Waals surface area contributed by atoms with E-state index < -0.39 is 5.25 Å². The van der Waals surface area contributed by atoms with Gasteiger partial charge in [-0.15, -0.1) is 0 Å². The molecule has 0 radical (unpaired) electrons. The zero-order valence-corrected chi connectivity index (χ0v) is 12.4. The Balaban J connectivity index is 2.54. The highest BCUT2D eigenvalue weighted by molar-refractivity contribution is 7.81. The smallest absolute Gasteiger partial charge is 0.241 e. The first-order chi connectivity index (χ1) is 8.91. The lowest BCUT2D eigenvalue weighted by atomic mass is 10.1. The van der Waals surface area contributed by atoms with Gasteiger partial charge in [0.1, 0.15) is 0 Å². The van der Waals surface area contributed by atoms with Gasteiger partial charge in [-0.2, -0.15) is 12.6 Å². The number of benzene rings is 1. The molecule has 0 heterocycles. The van der Waals surface area contributed by atoms with Crippen LogP contribution in [0.5, 0.6) is 0 Å². The predicted octanol–water partition coefficient (Wildman–Crippen LogP) is 1.07. The zero-order chi connectivity index (χ0) is 14.4. The Morgan fingerprint density at radius 1 is 1.16 bits per heavy atom. The van der Waals surface area contributed by atoms with Gasteiger partial charge < -0.3 is 9.80 Å². The Morgan fingerprint density at radius 2 is 1.74 bits per heavy atom. The quantitative estimate of drug-likeness (QED) is 0.820. The maximum Gasteiger partial charge on any atom is 0.241 e. The number of amides is 2. The van der Waals surface area contributed by atoms with Crippen molar-refractivity contribution in [1.29, 1.82) is 0 Å². The number of carbonyl (C=O) groups excluding carboxylic acids is 2. The van der Waals surface area contributed by atoms with Crippen LogP contribution >= 0.6 is 12.6 Å². The summed E-state index contributed by atoms with van der Waals surface area (Å²) in [7, 11) is 4.96. The summed E-state index contributed by atoms with van der Waals surface area (Å²) in [5.41, 5.74) is 1.06. The highest BCUT2D eigenvalue weighted by Crippen LogP contribution is 2.10. The minimum Gasteiger partial charge on any atom is -0.347 e. The molecule has 0 aliphatic carbocycles. The molecule has 0 saturated heterocycles. The molecule has 0 saturated carbocycles. The van der Waals surface area contributed by atoms with Crippen molar-refractivity contribution in [2.75, 3.05) is 27.7 Å². The van der Waals surface area contributed by atoms with E-state index in [0.717, 1.165) is 5.56 Å². The van der Waals surface area contributed by atoms with Gasteiger partial charge in [0.05, 0.1) is 11.8 Å². The maximum atomic E-state index is 12.1. The lowest BCUT2D eigenvalue weighted by Gasteiger charge is -2.22. The molecule has 0 fully saturated rings. The summed E-state index contributed by atoms with van der Waals surface area (Å²) in [6.45, 7) is 0.0810. The van der Waals surface area contributed by atoms with Crippen LogP contribution in [0.4, 0.5) is 0 Å². The van der Waals surface area contributed by atoms with Gasteiger partial charge in [0, 0.05) is 21.1 Å². The van der Waals surface area contributed by atoms with Gasteiger partial charge in [-0.1, -0.05) is 30.3 Å². The van der Waals surface area contributed by atoms with Gasteiger partial charge in [-0.05, 0) is 12.0 Å². The van der Waals surface area contributed by atoms with Crippen LogP contribution < -0.4 is 0 Å². The summed E-state index contributed by atoms with van der Waals surface area (Å²) in [6.07, 6.45) is 0.559. The van der Waals surface area contributed by atoms with E-state index in [0.29, 0.717) is 6.42 Å². The first-order valence-corrected chi connectivity index (χ1v) is 6.60. The summed E-state index contributed by atoms with van der Waals surface area (Å²) in [4.78, 5) is 26.5. The fourth-order valence-corrected chi connectivity index (χ4v) is 2.01. The number of thiol groups is 1. The first kappa shape index (κ1) is 15.6. The van der Waals surface area contributed by atoms with E-state index in [1.165, 1.54) is 9.80 Å². The fraction of sp³-hybridized carbons (Fsp3) is 0.429. The number of nitrogens with zero attached hydrogens (tertiary/aromatic N) is 2. The minimum absolute atomic E-state index is 0.0810. The van der Waals surface area contributed by atoms with Crippen LogP contribution in [0.3, 0.4) is 0 Å². The van der Waals surface area contributed by atoms with Crippen LogP contribution in [0, 0.1) is 0 Å². The molecule has 5 heteroatoms. The molecule has 0 aliphatic rings. The zero-order valence-electron chi connectivity index (χ0n) is 11.5. The third-order valence-electron chi connectivity index (χ3n) is 2.80. The van der Waals surface area contributed by atoms with E-state index in [1.807, 2.05) is 30.3 Å². The average molecular weight is 280 g/mol. The Kier molecular flexibility index (Phi) is 5.89. The second-order valence-corrected chi connectivity index (χ2v) is 5.31. The van der Waals surface area contributed by atoms with Crippen LogP contribution in [0.15, 0.2) is 30.3 Å². The third-order valence-corrected chi connectivity index (χ3v) is 3.21. The van der Waals surface area contributed by atoms with Crippen molar-refractivity contribution in [2.45, 2.75) is 11.7 Å². The lowest BCUT2D eigenvalue weighted by molar-refractivity contribution is -0.137. The van der Waals surface area contributed by atoms with Crippen molar-refractivity contribution in [3.05, 3.63) is 35.9 Å². The van der Waals surface area contributed by atoms with Gasteiger partial charge in [-0.3, -0.25) is 9.59 Å². The summed E-state index contributed by atoms with van der Waals surface area (Å²) >= 11 is 4.33. The van der Waals surface area contributed by atoms with Gasteiger partial charge in [0.25, 0.3) is 0 Å². The Morgan fingerprint density at radius 3 is 2.26 bits per heavy atom. The van der Waals surface area contributed by atoms with Crippen molar-refractivity contribution in [3.8, 4) is 0 Å². The van der Waals surface area contributed by atoms with Gasteiger partial charge in [0.2, 0.25) is 11.8 Å². The molecule has 0 spiro atoms. The Labute approximate surface area is 119 Å². The normalized spacial score (nSPS) is 11.8. The van der Waals surface area contributed by atoms with Crippen LogP contribution in [0.2, 0.25) is 0 Å². The van der Waals surface area contributed by atoms with E-state index in [-0.39, 0.29) is 18.4 Å². The predicted molar refractivity (Wildman–Crippen MR) is 79.3 cm³/mol. The second-order valence-electron chi connectivity index (χ2n) is 4.69. The summed E-state index contributed by atoms with van der Waals surface area (Å²) in [6, 6.07) is 9.71. The van der Waals surface area contributed by atoms with Crippen molar-refractivity contribution >= 4 is 24.4 Å². The SMILES string of the molecule is CN(C)C(=O)CN(C)C(=O)C(S)Cc1ccccc1. The largest absolute Gasteiger partial charge is 0.347 e. The van der Waals surface area contributed by atoms with Gasteiger partial charge >= 0.3 is 0 Å². The molecule has 104 valence electrons. The van der Waals surface area contributed by atoms with Gasteiger partial charge in [0.15, 0.2) is 0 Å². The van der Waals surface area contributed by atoms with Crippen molar-refractivity contribution in [3.63, 3.8) is 0 Å². The van der Waals surface area contributed by atoms with E-state index in [1.54, 1.807) is 21.1 Å². The van der Waals surface area contributed by atoms with E-state index >= 15 is 0 Å². The van der Waals surface area contributed by atoms with Crippen molar-refractivity contribution in [2.24, 2.45) is 0 Å². The van der Waals surface area contributed by atoms with Crippen LogP contribution in [-0.4, -0.2) is 54.6 Å². The molecule has 4 nitrogen and oxygen atoms in total.